The minimum Gasteiger partial charge on any atom is -0.334 e. The molecular weight excluding hydrogens is 260 g/mol. The van der Waals surface area contributed by atoms with Crippen molar-refractivity contribution >= 4 is 0 Å². The molecule has 2 unspecified atom stereocenters. The van der Waals surface area contributed by atoms with Crippen molar-refractivity contribution in [3.63, 3.8) is 0 Å². The van der Waals surface area contributed by atoms with Gasteiger partial charge in [0.15, 0.2) is 0 Å². The third-order valence-corrected chi connectivity index (χ3v) is 4.34. The maximum atomic E-state index is 4.30. The van der Waals surface area contributed by atoms with E-state index in [1.165, 1.54) is 5.56 Å². The van der Waals surface area contributed by atoms with Crippen molar-refractivity contribution in [1.82, 2.24) is 19.8 Å². The molecule has 1 aromatic carbocycles. The first-order valence-electron chi connectivity index (χ1n) is 7.74. The lowest BCUT2D eigenvalue weighted by molar-refractivity contribution is 0.130. The van der Waals surface area contributed by atoms with Gasteiger partial charge in [-0.1, -0.05) is 30.3 Å². The van der Waals surface area contributed by atoms with E-state index in [2.05, 4.69) is 70.1 Å². The van der Waals surface area contributed by atoms with E-state index in [0.29, 0.717) is 12.1 Å². The van der Waals surface area contributed by atoms with E-state index < -0.39 is 0 Å². The number of rotatable bonds is 4. The Kier molecular flexibility index (Phi) is 4.36. The lowest BCUT2D eigenvalue weighted by Crippen LogP contribution is -2.51. The number of aromatic nitrogens is 2. The molecule has 0 amide bonds. The molecule has 1 aliphatic rings. The fourth-order valence-corrected chi connectivity index (χ4v) is 3.11. The number of piperazine rings is 1. The van der Waals surface area contributed by atoms with Gasteiger partial charge in [0.2, 0.25) is 0 Å². The summed E-state index contributed by atoms with van der Waals surface area (Å²) in [5.74, 6) is 1.09. The van der Waals surface area contributed by atoms with Gasteiger partial charge in [0.25, 0.3) is 0 Å². The monoisotopic (exact) mass is 284 g/mol. The van der Waals surface area contributed by atoms with Gasteiger partial charge in [-0.3, -0.25) is 4.90 Å². The Bertz CT molecular complexity index is 563. The van der Waals surface area contributed by atoms with E-state index in [-0.39, 0.29) is 0 Å². The number of nitrogens with one attached hydrogen (secondary N) is 1. The Morgan fingerprint density at radius 2 is 2.05 bits per heavy atom. The molecule has 1 N–H and O–H groups in total. The summed E-state index contributed by atoms with van der Waals surface area (Å²) in [6.45, 7) is 8.50. The summed E-state index contributed by atoms with van der Waals surface area (Å²) in [5, 5.41) is 3.60. The summed E-state index contributed by atoms with van der Waals surface area (Å²) in [7, 11) is 0. The highest BCUT2D eigenvalue weighted by Crippen LogP contribution is 2.23. The zero-order valence-corrected chi connectivity index (χ0v) is 12.9. The van der Waals surface area contributed by atoms with Gasteiger partial charge in [0, 0.05) is 50.7 Å². The van der Waals surface area contributed by atoms with Gasteiger partial charge >= 0.3 is 0 Å². The molecule has 0 radical (unpaired) electrons. The van der Waals surface area contributed by atoms with Crippen LogP contribution in [0.15, 0.2) is 42.7 Å². The molecular formula is C17H24N4. The van der Waals surface area contributed by atoms with E-state index in [1.54, 1.807) is 0 Å². The third-order valence-electron chi connectivity index (χ3n) is 4.34. The van der Waals surface area contributed by atoms with Crippen LogP contribution >= 0.6 is 0 Å². The topological polar surface area (TPSA) is 33.1 Å². The van der Waals surface area contributed by atoms with Crippen molar-refractivity contribution in [1.29, 1.82) is 0 Å². The second-order valence-corrected chi connectivity index (χ2v) is 5.90. The van der Waals surface area contributed by atoms with Crippen LogP contribution in [0.4, 0.5) is 0 Å². The minimum atomic E-state index is 0.464. The Morgan fingerprint density at radius 1 is 1.24 bits per heavy atom. The summed E-state index contributed by atoms with van der Waals surface area (Å²) in [6.07, 6.45) is 3.95. The first-order valence-corrected chi connectivity index (χ1v) is 7.74. The summed E-state index contributed by atoms with van der Waals surface area (Å²) in [4.78, 5) is 6.90. The largest absolute Gasteiger partial charge is 0.334 e. The molecule has 0 aliphatic carbocycles. The molecule has 1 saturated heterocycles. The normalized spacial score (nSPS) is 23.3. The van der Waals surface area contributed by atoms with Gasteiger partial charge in [-0.15, -0.1) is 0 Å². The molecule has 21 heavy (non-hydrogen) atoms. The van der Waals surface area contributed by atoms with Gasteiger partial charge in [0.1, 0.15) is 5.82 Å². The molecule has 112 valence electrons. The molecule has 0 saturated carbocycles. The first-order chi connectivity index (χ1) is 10.2. The van der Waals surface area contributed by atoms with Crippen LogP contribution in [0.2, 0.25) is 0 Å². The Labute approximate surface area is 126 Å². The van der Waals surface area contributed by atoms with Crippen LogP contribution in [-0.4, -0.2) is 40.1 Å². The van der Waals surface area contributed by atoms with Crippen molar-refractivity contribution in [2.75, 3.05) is 19.6 Å². The van der Waals surface area contributed by atoms with Gasteiger partial charge in [-0.05, 0) is 19.4 Å². The van der Waals surface area contributed by atoms with Crippen molar-refractivity contribution < 1.29 is 0 Å². The maximum absolute atomic E-state index is 4.30. The fourth-order valence-electron chi connectivity index (χ4n) is 3.11. The molecule has 1 fully saturated rings. The smallest absolute Gasteiger partial charge is 0.105 e. The predicted octanol–water partition coefficient (Wildman–Crippen LogP) is 2.23. The second kappa shape index (κ2) is 6.41. The molecule has 2 atom stereocenters. The summed E-state index contributed by atoms with van der Waals surface area (Å²) >= 11 is 0. The van der Waals surface area contributed by atoms with Crippen LogP contribution in [0, 0.1) is 6.92 Å². The molecule has 4 nitrogen and oxygen atoms in total. The molecule has 0 bridgehead atoms. The minimum absolute atomic E-state index is 0.464. The van der Waals surface area contributed by atoms with E-state index in [4.69, 9.17) is 0 Å². The maximum Gasteiger partial charge on any atom is 0.105 e. The van der Waals surface area contributed by atoms with Crippen LogP contribution in [0.5, 0.6) is 0 Å². The highest BCUT2D eigenvalue weighted by atomic mass is 15.2. The molecule has 4 heteroatoms. The van der Waals surface area contributed by atoms with Crippen LogP contribution in [-0.2, 0) is 6.54 Å². The molecule has 2 heterocycles. The van der Waals surface area contributed by atoms with Gasteiger partial charge in [-0.2, -0.15) is 0 Å². The van der Waals surface area contributed by atoms with Crippen molar-refractivity contribution in [3.05, 3.63) is 54.1 Å². The zero-order chi connectivity index (χ0) is 14.7. The van der Waals surface area contributed by atoms with E-state index in [1.807, 2.05) is 6.20 Å². The van der Waals surface area contributed by atoms with E-state index in [9.17, 15) is 0 Å². The van der Waals surface area contributed by atoms with Crippen LogP contribution in [0.25, 0.3) is 0 Å². The third kappa shape index (κ3) is 3.34. The Morgan fingerprint density at radius 3 is 2.76 bits per heavy atom. The number of imidazole rings is 1. The first kappa shape index (κ1) is 14.3. The lowest BCUT2D eigenvalue weighted by Gasteiger charge is -2.39. The zero-order valence-electron chi connectivity index (χ0n) is 12.9. The standard InChI is InChI=1S/C17H24N4/c1-14-13-21(11-10-20-9-8-18-15(20)2)17(12-19-14)16-6-4-3-5-7-16/h3-9,14,17,19H,10-13H2,1-2H3. The predicted molar refractivity (Wildman–Crippen MR) is 85.2 cm³/mol. The van der Waals surface area contributed by atoms with E-state index in [0.717, 1.165) is 32.0 Å². The van der Waals surface area contributed by atoms with Crippen molar-refractivity contribution in [2.24, 2.45) is 0 Å². The van der Waals surface area contributed by atoms with Crippen LogP contribution in [0.3, 0.4) is 0 Å². The number of hydrogen-bond acceptors (Lipinski definition) is 3. The summed E-state index contributed by atoms with van der Waals surface area (Å²) < 4.78 is 2.23. The summed E-state index contributed by atoms with van der Waals surface area (Å²) in [6, 6.07) is 11.8. The van der Waals surface area contributed by atoms with Gasteiger partial charge in [-0.25, -0.2) is 4.98 Å². The highest BCUT2D eigenvalue weighted by Gasteiger charge is 2.26. The molecule has 1 aromatic heterocycles. The number of benzene rings is 1. The number of hydrogen-bond donors (Lipinski definition) is 1. The molecule has 3 rings (SSSR count). The molecule has 0 spiro atoms. The lowest BCUT2D eigenvalue weighted by atomic mass is 10.0. The SMILES string of the molecule is Cc1nccn1CCN1CC(C)NCC1c1ccccc1. The molecule has 2 aromatic rings. The fraction of sp³-hybridized carbons (Fsp3) is 0.471. The van der Waals surface area contributed by atoms with Crippen molar-refractivity contribution in [3.8, 4) is 0 Å². The highest BCUT2D eigenvalue weighted by molar-refractivity contribution is 5.20. The molecule has 1 aliphatic heterocycles. The average Bonchev–Trinajstić information content (AvgIpc) is 2.91. The van der Waals surface area contributed by atoms with Gasteiger partial charge < -0.3 is 9.88 Å². The number of aryl methyl sites for hydroxylation is 1. The van der Waals surface area contributed by atoms with Gasteiger partial charge in [0.05, 0.1) is 0 Å². The second-order valence-electron chi connectivity index (χ2n) is 5.90. The Hall–Kier alpha value is -1.65. The van der Waals surface area contributed by atoms with Crippen LogP contribution in [0.1, 0.15) is 24.4 Å². The number of nitrogens with zero attached hydrogens (tertiary/aromatic N) is 3. The Balaban J connectivity index is 1.71. The summed E-state index contributed by atoms with van der Waals surface area (Å²) in [5.41, 5.74) is 1.40. The van der Waals surface area contributed by atoms with Crippen LogP contribution < -0.4 is 5.32 Å². The average molecular weight is 284 g/mol. The van der Waals surface area contributed by atoms with Crippen molar-refractivity contribution in [2.45, 2.75) is 32.5 Å². The quantitative estimate of drug-likeness (QED) is 0.934. The van der Waals surface area contributed by atoms with E-state index >= 15 is 0 Å².